The fourth-order valence-electron chi connectivity index (χ4n) is 6.04. The predicted molar refractivity (Wildman–Crippen MR) is 145 cm³/mol. The Morgan fingerprint density at radius 1 is 0.950 bits per heavy atom. The molecular weight excluding hydrogens is 540 g/mol. The number of pyridine rings is 1. The topological polar surface area (TPSA) is 133 Å². The summed E-state index contributed by atoms with van der Waals surface area (Å²) in [6.45, 7) is 1.70. The van der Waals surface area contributed by atoms with Gasteiger partial charge in [-0.25, -0.2) is 0 Å². The van der Waals surface area contributed by atoms with E-state index in [1.165, 1.54) is 27.4 Å². The molecule has 0 saturated heterocycles. The zero-order valence-electron chi connectivity index (χ0n) is 22.1. The summed E-state index contributed by atoms with van der Waals surface area (Å²) in [5.41, 5.74) is -1.04. The maximum atomic E-state index is 14.5. The molecular formula is C29H25ClN2O8. The van der Waals surface area contributed by atoms with Crippen molar-refractivity contribution in [2.24, 2.45) is 5.92 Å². The van der Waals surface area contributed by atoms with Gasteiger partial charge in [0.2, 0.25) is 23.1 Å². The van der Waals surface area contributed by atoms with Crippen molar-refractivity contribution in [3.8, 4) is 23.0 Å². The van der Waals surface area contributed by atoms with E-state index in [0.717, 1.165) is 0 Å². The molecule has 11 heteroatoms. The highest BCUT2D eigenvalue weighted by atomic mass is 35.5. The molecule has 2 aromatic carbocycles. The molecule has 2 aliphatic heterocycles. The third-order valence-corrected chi connectivity index (χ3v) is 8.37. The van der Waals surface area contributed by atoms with Gasteiger partial charge in [-0.3, -0.25) is 19.2 Å². The van der Waals surface area contributed by atoms with Crippen LogP contribution in [-0.4, -0.2) is 49.4 Å². The van der Waals surface area contributed by atoms with E-state index in [2.05, 4.69) is 10.3 Å². The van der Waals surface area contributed by atoms with Crippen molar-refractivity contribution < 1.29 is 33.3 Å². The van der Waals surface area contributed by atoms with Crippen LogP contribution in [0.2, 0.25) is 5.02 Å². The van der Waals surface area contributed by atoms with Crippen LogP contribution < -0.4 is 29.8 Å². The normalized spacial score (nSPS) is 23.6. The van der Waals surface area contributed by atoms with Crippen LogP contribution >= 0.6 is 11.6 Å². The molecule has 206 valence electrons. The summed E-state index contributed by atoms with van der Waals surface area (Å²) >= 11 is 6.53. The van der Waals surface area contributed by atoms with Crippen molar-refractivity contribution in [1.82, 2.24) is 10.3 Å². The van der Waals surface area contributed by atoms with Crippen LogP contribution in [0.1, 0.15) is 41.6 Å². The number of allylic oxidation sites excluding steroid dienone is 1. The van der Waals surface area contributed by atoms with Crippen LogP contribution in [0.5, 0.6) is 23.0 Å². The second-order valence-corrected chi connectivity index (χ2v) is 10.5. The summed E-state index contributed by atoms with van der Waals surface area (Å²) in [6.07, 6.45) is 0.00160. The number of carbonyl (C=O) groups excluding carboxylic acids is 3. The van der Waals surface area contributed by atoms with Gasteiger partial charge in [-0.2, -0.15) is 0 Å². The van der Waals surface area contributed by atoms with Crippen molar-refractivity contribution in [1.29, 1.82) is 0 Å². The predicted octanol–water partition coefficient (Wildman–Crippen LogP) is 3.69. The first-order valence-electron chi connectivity index (χ1n) is 12.6. The molecule has 6 rings (SSSR count). The third kappa shape index (κ3) is 3.48. The lowest BCUT2D eigenvalue weighted by Crippen LogP contribution is -2.59. The van der Waals surface area contributed by atoms with E-state index in [1.807, 2.05) is 0 Å². The highest BCUT2D eigenvalue weighted by molar-refractivity contribution is 6.36. The summed E-state index contributed by atoms with van der Waals surface area (Å²) < 4.78 is 22.2. The number of amides is 1. The van der Waals surface area contributed by atoms with Crippen LogP contribution in [0.4, 0.5) is 0 Å². The molecule has 1 spiro atoms. The van der Waals surface area contributed by atoms with Crippen molar-refractivity contribution in [3.63, 3.8) is 0 Å². The van der Waals surface area contributed by atoms with Gasteiger partial charge in [-0.1, -0.05) is 18.5 Å². The number of ether oxygens (including phenoxy) is 4. The van der Waals surface area contributed by atoms with Crippen molar-refractivity contribution in [3.05, 3.63) is 68.1 Å². The fourth-order valence-corrected chi connectivity index (χ4v) is 6.30. The Balaban J connectivity index is 1.51. The van der Waals surface area contributed by atoms with Crippen molar-refractivity contribution in [2.45, 2.75) is 31.3 Å². The van der Waals surface area contributed by atoms with Crippen LogP contribution in [0.25, 0.3) is 10.9 Å². The van der Waals surface area contributed by atoms with E-state index in [9.17, 15) is 19.2 Å². The number of halogens is 1. The molecule has 3 atom stereocenters. The number of nitrogens with one attached hydrogen (secondary N) is 2. The molecule has 2 N–H and O–H groups in total. The van der Waals surface area contributed by atoms with Gasteiger partial charge in [0.15, 0.2) is 5.75 Å². The molecule has 3 aromatic rings. The van der Waals surface area contributed by atoms with Gasteiger partial charge in [0.1, 0.15) is 27.8 Å². The molecule has 0 radical (unpaired) electrons. The summed E-state index contributed by atoms with van der Waals surface area (Å²) in [5, 5.41) is 3.53. The first-order chi connectivity index (χ1) is 19.1. The number of aromatic nitrogens is 1. The molecule has 3 aliphatic rings. The number of hydrogen-bond donors (Lipinski definition) is 2. The molecule has 3 unspecified atom stereocenters. The Labute approximate surface area is 233 Å². The number of ketones is 2. The third-order valence-electron chi connectivity index (χ3n) is 8.02. The van der Waals surface area contributed by atoms with Gasteiger partial charge >= 0.3 is 0 Å². The number of benzene rings is 2. The lowest BCUT2D eigenvalue weighted by Gasteiger charge is -2.41. The van der Waals surface area contributed by atoms with Crippen LogP contribution in [0.3, 0.4) is 0 Å². The Bertz CT molecular complexity index is 1740. The zero-order valence-corrected chi connectivity index (χ0v) is 22.9. The summed E-state index contributed by atoms with van der Waals surface area (Å²) in [4.78, 5) is 57.5. The Morgan fingerprint density at radius 3 is 2.40 bits per heavy atom. The summed E-state index contributed by atoms with van der Waals surface area (Å²) in [6, 6.07) is 8.35. The van der Waals surface area contributed by atoms with Gasteiger partial charge in [0.05, 0.1) is 26.8 Å². The average molecular weight is 565 g/mol. The average Bonchev–Trinajstić information content (AvgIpc) is 3.25. The molecule has 0 fully saturated rings. The fraction of sp³-hybridized carbons (Fsp3) is 0.310. The molecule has 1 amide bonds. The maximum absolute atomic E-state index is 14.5. The van der Waals surface area contributed by atoms with Gasteiger partial charge in [-0.15, -0.1) is 0 Å². The molecule has 10 nitrogen and oxygen atoms in total. The maximum Gasteiger partial charge on any atom is 0.252 e. The first kappa shape index (κ1) is 25.9. The number of carbonyl (C=O) groups is 3. The number of fused-ring (bicyclic) bond motifs is 2. The van der Waals surface area contributed by atoms with Crippen LogP contribution in [-0.2, 0) is 9.59 Å². The van der Waals surface area contributed by atoms with E-state index in [1.54, 1.807) is 31.2 Å². The van der Waals surface area contributed by atoms with Crippen LogP contribution in [0.15, 0.2) is 46.4 Å². The quantitative estimate of drug-likeness (QED) is 0.458. The first-order valence-corrected chi connectivity index (χ1v) is 13.0. The minimum Gasteiger partial charge on any atom is -0.497 e. The molecule has 0 saturated carbocycles. The standard InChI is InChI=1S/C29H25ClN2O8/c1-12-7-18-22(26(34)29(12)27(35)23-19(38-3)11-20(39-4)24(30)25(23)40-29)15(10-21(33)31-18)16-8-13-5-6-14(37-2)9-17(13)32-28(16)36/h5-6,8-9,11-12,15H,7,10H2,1-4H3,(H,31,33)(H,32,36). The van der Waals surface area contributed by atoms with Crippen molar-refractivity contribution in [2.75, 3.05) is 21.3 Å². The highest BCUT2D eigenvalue weighted by Gasteiger charge is 2.63. The molecule has 1 aromatic heterocycles. The molecule has 3 heterocycles. The number of methoxy groups -OCH3 is 3. The smallest absolute Gasteiger partial charge is 0.252 e. The Kier molecular flexibility index (Phi) is 5.92. The minimum absolute atomic E-state index is 0.000936. The number of hydrogen-bond acceptors (Lipinski definition) is 8. The van der Waals surface area contributed by atoms with E-state index >= 15 is 0 Å². The molecule has 0 bridgehead atoms. The molecule has 40 heavy (non-hydrogen) atoms. The Morgan fingerprint density at radius 2 is 1.70 bits per heavy atom. The van der Waals surface area contributed by atoms with E-state index in [4.69, 9.17) is 30.5 Å². The van der Waals surface area contributed by atoms with E-state index in [0.29, 0.717) is 22.3 Å². The minimum atomic E-state index is -1.96. The Hall–Kier alpha value is -4.31. The van der Waals surface area contributed by atoms with Gasteiger partial charge < -0.3 is 29.2 Å². The molecule has 1 aliphatic carbocycles. The lowest BCUT2D eigenvalue weighted by atomic mass is 9.66. The van der Waals surface area contributed by atoms with Gasteiger partial charge in [-0.05, 0) is 30.0 Å². The SMILES string of the molecule is COc1ccc2cc(C3CC(=O)NC4=C3C(=O)C3(Oc5c(Cl)c(OC)cc(OC)c5C3=O)C(C)C4)c(=O)[nH]c2c1. The van der Waals surface area contributed by atoms with Crippen molar-refractivity contribution >= 4 is 40.0 Å². The zero-order chi connectivity index (χ0) is 28.5. The summed E-state index contributed by atoms with van der Waals surface area (Å²) in [7, 11) is 4.33. The largest absolute Gasteiger partial charge is 0.497 e. The number of H-pyrrole nitrogens is 1. The lowest BCUT2D eigenvalue weighted by molar-refractivity contribution is -0.131. The van der Waals surface area contributed by atoms with Gasteiger partial charge in [0, 0.05) is 47.2 Å². The van der Waals surface area contributed by atoms with E-state index in [-0.39, 0.29) is 57.7 Å². The highest BCUT2D eigenvalue weighted by Crippen LogP contribution is 2.55. The van der Waals surface area contributed by atoms with Crippen LogP contribution in [0, 0.1) is 5.92 Å². The van der Waals surface area contributed by atoms with Gasteiger partial charge in [0.25, 0.3) is 5.56 Å². The monoisotopic (exact) mass is 564 g/mol. The number of rotatable bonds is 4. The summed E-state index contributed by atoms with van der Waals surface area (Å²) in [5.74, 6) is -2.17. The number of Topliss-reactive ketones (excluding diaryl/α,β-unsaturated/α-hetero) is 2. The van der Waals surface area contributed by atoms with E-state index < -0.39 is 34.6 Å². The second kappa shape index (κ2) is 9.12. The number of aromatic amines is 1. The second-order valence-electron chi connectivity index (χ2n) is 10.1.